The molecule has 1 aliphatic heterocycles. The number of sulfonamides is 1. The van der Waals surface area contributed by atoms with Crippen molar-refractivity contribution in [1.29, 1.82) is 0 Å². The van der Waals surface area contributed by atoms with Crippen molar-refractivity contribution in [3.05, 3.63) is 51.2 Å². The standard InChI is InChI=1S/C20H24N2O3S2/c1-3-18-16-9-11-26-19(16)8-10-22(18)20(23)17-12-15(7-4-13(17)2)27(24,25)21-14-5-6-14/h4,7,9,11-12,14,18,21H,3,5-6,8,10H2,1-2H3. The number of fused-ring (bicyclic) bond motifs is 1. The number of benzene rings is 1. The molecule has 2 heterocycles. The summed E-state index contributed by atoms with van der Waals surface area (Å²) in [6.07, 6.45) is 3.46. The Labute approximate surface area is 164 Å². The Hall–Kier alpha value is -1.70. The van der Waals surface area contributed by atoms with E-state index in [0.717, 1.165) is 31.2 Å². The SMILES string of the molecule is CCC1c2ccsc2CCN1C(=O)c1cc(S(=O)(=O)NC2CC2)ccc1C. The second-order valence-corrected chi connectivity index (χ2v) is 10.1. The van der Waals surface area contributed by atoms with Crippen LogP contribution in [0.1, 0.15) is 58.6 Å². The highest BCUT2D eigenvalue weighted by Crippen LogP contribution is 2.36. The van der Waals surface area contributed by atoms with Gasteiger partial charge >= 0.3 is 0 Å². The van der Waals surface area contributed by atoms with Crippen LogP contribution in [0.4, 0.5) is 0 Å². The van der Waals surface area contributed by atoms with Gasteiger partial charge in [0.05, 0.1) is 10.9 Å². The summed E-state index contributed by atoms with van der Waals surface area (Å²) in [7, 11) is -3.58. The minimum absolute atomic E-state index is 0.0408. The Bertz CT molecular complexity index is 977. The lowest BCUT2D eigenvalue weighted by atomic mass is 9.96. The second kappa shape index (κ2) is 7.04. The van der Waals surface area contributed by atoms with Crippen LogP contribution < -0.4 is 4.72 Å². The van der Waals surface area contributed by atoms with E-state index in [1.54, 1.807) is 23.5 Å². The molecule has 1 unspecified atom stereocenters. The van der Waals surface area contributed by atoms with Crippen LogP contribution in [-0.2, 0) is 16.4 Å². The molecular weight excluding hydrogens is 380 g/mol. The van der Waals surface area contributed by atoms with Gasteiger partial charge in [-0.05, 0) is 67.3 Å². The fourth-order valence-corrected chi connectivity index (χ4v) is 5.98. The molecule has 2 aliphatic rings. The van der Waals surface area contributed by atoms with E-state index in [4.69, 9.17) is 0 Å². The van der Waals surface area contributed by atoms with E-state index in [-0.39, 0.29) is 22.9 Å². The Balaban J connectivity index is 1.66. The monoisotopic (exact) mass is 404 g/mol. The molecule has 27 heavy (non-hydrogen) atoms. The summed E-state index contributed by atoms with van der Waals surface area (Å²) >= 11 is 1.75. The zero-order chi connectivity index (χ0) is 19.2. The van der Waals surface area contributed by atoms with Gasteiger partial charge < -0.3 is 4.90 Å². The highest BCUT2D eigenvalue weighted by atomic mass is 32.2. The molecule has 4 rings (SSSR count). The summed E-state index contributed by atoms with van der Waals surface area (Å²) in [5, 5.41) is 2.09. The summed E-state index contributed by atoms with van der Waals surface area (Å²) in [5.41, 5.74) is 2.51. The lowest BCUT2D eigenvalue weighted by Gasteiger charge is -2.36. The van der Waals surface area contributed by atoms with Gasteiger partial charge in [0.25, 0.3) is 5.91 Å². The van der Waals surface area contributed by atoms with Gasteiger partial charge in [0.1, 0.15) is 0 Å². The molecule has 0 saturated heterocycles. The van der Waals surface area contributed by atoms with Gasteiger partial charge in [-0.25, -0.2) is 13.1 Å². The maximum Gasteiger partial charge on any atom is 0.254 e. The minimum atomic E-state index is -3.58. The average Bonchev–Trinajstić information content (AvgIpc) is 3.31. The van der Waals surface area contributed by atoms with E-state index in [2.05, 4.69) is 23.1 Å². The Kier molecular flexibility index (Phi) is 4.86. The van der Waals surface area contributed by atoms with Gasteiger partial charge in [-0.3, -0.25) is 4.79 Å². The maximum atomic E-state index is 13.3. The van der Waals surface area contributed by atoms with Crippen molar-refractivity contribution in [2.75, 3.05) is 6.54 Å². The van der Waals surface area contributed by atoms with E-state index >= 15 is 0 Å². The van der Waals surface area contributed by atoms with Crippen molar-refractivity contribution in [2.24, 2.45) is 0 Å². The van der Waals surface area contributed by atoms with Crippen molar-refractivity contribution in [3.63, 3.8) is 0 Å². The van der Waals surface area contributed by atoms with Gasteiger partial charge in [0, 0.05) is 23.0 Å². The lowest BCUT2D eigenvalue weighted by molar-refractivity contribution is 0.0656. The van der Waals surface area contributed by atoms with E-state index in [1.165, 1.54) is 16.5 Å². The number of rotatable bonds is 5. The molecule has 2 aromatic rings. The number of nitrogens with one attached hydrogen (secondary N) is 1. The molecular formula is C20H24N2O3S2. The fourth-order valence-electron chi connectivity index (χ4n) is 3.72. The molecule has 1 atom stereocenters. The number of hydrogen-bond donors (Lipinski definition) is 1. The second-order valence-electron chi connectivity index (χ2n) is 7.34. The molecule has 1 aliphatic carbocycles. The number of thiophene rings is 1. The van der Waals surface area contributed by atoms with E-state index in [1.807, 2.05) is 11.8 Å². The van der Waals surface area contributed by atoms with Gasteiger partial charge in [-0.15, -0.1) is 11.3 Å². The number of aryl methyl sites for hydroxylation is 1. The Morgan fingerprint density at radius 3 is 2.78 bits per heavy atom. The first-order valence-corrected chi connectivity index (χ1v) is 11.8. The largest absolute Gasteiger partial charge is 0.331 e. The van der Waals surface area contributed by atoms with E-state index in [0.29, 0.717) is 12.1 Å². The Morgan fingerprint density at radius 1 is 1.30 bits per heavy atom. The number of nitrogens with zero attached hydrogens (tertiary/aromatic N) is 1. The average molecular weight is 405 g/mol. The van der Waals surface area contributed by atoms with E-state index < -0.39 is 10.0 Å². The zero-order valence-corrected chi connectivity index (χ0v) is 17.2. The van der Waals surface area contributed by atoms with Crippen molar-refractivity contribution in [3.8, 4) is 0 Å². The molecule has 1 saturated carbocycles. The van der Waals surface area contributed by atoms with Gasteiger partial charge in [0.2, 0.25) is 10.0 Å². The van der Waals surface area contributed by atoms with E-state index in [9.17, 15) is 13.2 Å². The van der Waals surface area contributed by atoms with Crippen LogP contribution in [0, 0.1) is 6.92 Å². The molecule has 0 radical (unpaired) electrons. The van der Waals surface area contributed by atoms with Gasteiger partial charge in [0.15, 0.2) is 0 Å². The molecule has 1 amide bonds. The fraction of sp³-hybridized carbons (Fsp3) is 0.450. The van der Waals surface area contributed by atoms with Crippen LogP contribution in [0.15, 0.2) is 34.5 Å². The first-order chi connectivity index (χ1) is 12.9. The van der Waals surface area contributed by atoms with Crippen molar-refractivity contribution >= 4 is 27.3 Å². The predicted octanol–water partition coefficient (Wildman–Crippen LogP) is 3.65. The third-order valence-electron chi connectivity index (χ3n) is 5.39. The molecule has 1 fully saturated rings. The third kappa shape index (κ3) is 3.56. The molecule has 7 heteroatoms. The molecule has 144 valence electrons. The van der Waals surface area contributed by atoms with Crippen LogP contribution in [0.5, 0.6) is 0 Å². The highest BCUT2D eigenvalue weighted by molar-refractivity contribution is 7.89. The number of hydrogen-bond acceptors (Lipinski definition) is 4. The lowest BCUT2D eigenvalue weighted by Crippen LogP contribution is -2.39. The number of amides is 1. The third-order valence-corrected chi connectivity index (χ3v) is 7.91. The summed E-state index contributed by atoms with van der Waals surface area (Å²) in [4.78, 5) is 16.8. The smallest absolute Gasteiger partial charge is 0.254 e. The molecule has 1 aromatic heterocycles. The summed E-state index contributed by atoms with van der Waals surface area (Å²) < 4.78 is 27.8. The highest BCUT2D eigenvalue weighted by Gasteiger charge is 2.33. The number of carbonyl (C=O) groups excluding carboxylic acids is 1. The summed E-state index contributed by atoms with van der Waals surface area (Å²) in [5.74, 6) is -0.0836. The maximum absolute atomic E-state index is 13.3. The molecule has 1 N–H and O–H groups in total. The van der Waals surface area contributed by atoms with Crippen molar-refractivity contribution in [2.45, 2.75) is 56.5 Å². The molecule has 0 spiro atoms. The van der Waals surface area contributed by atoms with Crippen LogP contribution in [0.3, 0.4) is 0 Å². The topological polar surface area (TPSA) is 66.5 Å². The van der Waals surface area contributed by atoms with Gasteiger partial charge in [-0.1, -0.05) is 13.0 Å². The summed E-state index contributed by atoms with van der Waals surface area (Å²) in [6, 6.07) is 7.06. The predicted molar refractivity (Wildman–Crippen MR) is 107 cm³/mol. The van der Waals surface area contributed by atoms with Crippen LogP contribution >= 0.6 is 11.3 Å². The zero-order valence-electron chi connectivity index (χ0n) is 15.6. The number of carbonyl (C=O) groups is 1. The van der Waals surface area contributed by atoms with Crippen LogP contribution in [0.2, 0.25) is 0 Å². The minimum Gasteiger partial charge on any atom is -0.331 e. The molecule has 5 nitrogen and oxygen atoms in total. The molecule has 1 aromatic carbocycles. The first kappa shape index (κ1) is 18.7. The van der Waals surface area contributed by atoms with Gasteiger partial charge in [-0.2, -0.15) is 0 Å². The Morgan fingerprint density at radius 2 is 2.07 bits per heavy atom. The van der Waals surface area contributed by atoms with Crippen molar-refractivity contribution in [1.82, 2.24) is 9.62 Å². The van der Waals surface area contributed by atoms with Crippen LogP contribution in [-0.4, -0.2) is 31.8 Å². The molecule has 0 bridgehead atoms. The normalized spacial score (nSPS) is 19.8. The van der Waals surface area contributed by atoms with Crippen LogP contribution in [0.25, 0.3) is 0 Å². The first-order valence-electron chi connectivity index (χ1n) is 9.41. The summed E-state index contributed by atoms with van der Waals surface area (Å²) in [6.45, 7) is 4.62. The quantitative estimate of drug-likeness (QED) is 0.827. The van der Waals surface area contributed by atoms with Crippen molar-refractivity contribution < 1.29 is 13.2 Å².